The lowest BCUT2D eigenvalue weighted by Gasteiger charge is -2.51. The first-order valence-corrected chi connectivity index (χ1v) is 24.0. The van der Waals surface area contributed by atoms with Gasteiger partial charge in [0.15, 0.2) is 5.82 Å². The van der Waals surface area contributed by atoms with Crippen molar-refractivity contribution in [2.75, 3.05) is 0 Å². The number of hydrogen-bond donors (Lipinski definition) is 0. The van der Waals surface area contributed by atoms with Crippen LogP contribution in [0.2, 0.25) is 0 Å². The number of para-hydroxylation sites is 3. The fourth-order valence-corrected chi connectivity index (χ4v) is 12.5. The number of benzene rings is 10. The van der Waals surface area contributed by atoms with Crippen molar-refractivity contribution in [1.82, 2.24) is 9.97 Å². The molecular formula is C66H40N2O2. The van der Waals surface area contributed by atoms with Crippen molar-refractivity contribution in [3.8, 4) is 67.7 Å². The summed E-state index contributed by atoms with van der Waals surface area (Å²) >= 11 is 0. The minimum atomic E-state index is -0.744. The standard InChI is InChI=1S/C66H40N2O2/c1-2-19-41(20-3-1)58-40-59(42-37-38-47-46-24-8-16-35-60(46)69-62(47)39-42)68-64(67-58)49-25-5-4-21-43(49)48-26-18-34-57-63(48)70-61-36-17-15-33-56(61)66(57)54-31-13-11-29-52(54)65(53-30-12-14-32-55(53)66)50-27-9-6-22-44(50)45-23-7-10-28-51(45)65/h1-40H. The molecule has 0 fully saturated rings. The fraction of sp³-hybridized carbons (Fsp3) is 0.0303. The van der Waals surface area contributed by atoms with E-state index in [2.05, 4.69) is 224 Å². The van der Waals surface area contributed by atoms with E-state index in [9.17, 15) is 0 Å². The number of rotatable bonds is 4. The van der Waals surface area contributed by atoms with E-state index >= 15 is 0 Å². The first-order valence-electron chi connectivity index (χ1n) is 24.0. The zero-order valence-electron chi connectivity index (χ0n) is 37.8. The number of fused-ring (bicyclic) bond motifs is 18. The summed E-state index contributed by atoms with van der Waals surface area (Å²) in [7, 11) is 0. The van der Waals surface area contributed by atoms with Crippen LogP contribution in [0, 0.1) is 0 Å². The molecule has 0 saturated carbocycles. The molecular weight excluding hydrogens is 853 g/mol. The molecule has 0 N–H and O–H groups in total. The third-order valence-corrected chi connectivity index (χ3v) is 15.3. The van der Waals surface area contributed by atoms with E-state index in [1.165, 1.54) is 44.5 Å². The van der Waals surface area contributed by atoms with Gasteiger partial charge in [-0.05, 0) is 80.4 Å². The molecule has 70 heavy (non-hydrogen) atoms. The van der Waals surface area contributed by atoms with Crippen LogP contribution in [0.25, 0.3) is 78.1 Å². The molecule has 3 heterocycles. The van der Waals surface area contributed by atoms with Gasteiger partial charge in [0.05, 0.1) is 22.2 Å². The second-order valence-electron chi connectivity index (χ2n) is 18.6. The summed E-state index contributed by atoms with van der Waals surface area (Å²) in [5.41, 5.74) is 19.3. The normalized spacial score (nSPS) is 14.1. The Hall–Kier alpha value is -9.12. The van der Waals surface area contributed by atoms with E-state index in [0.29, 0.717) is 5.82 Å². The smallest absolute Gasteiger partial charge is 0.161 e. The van der Waals surface area contributed by atoms with E-state index < -0.39 is 10.8 Å². The first-order chi connectivity index (χ1) is 34.7. The third-order valence-electron chi connectivity index (χ3n) is 15.3. The summed E-state index contributed by atoms with van der Waals surface area (Å²) in [6.45, 7) is 0. The molecule has 0 bridgehead atoms. The van der Waals surface area contributed by atoms with E-state index in [0.717, 1.165) is 83.8 Å². The molecule has 1 aliphatic heterocycles. The van der Waals surface area contributed by atoms with Gasteiger partial charge < -0.3 is 9.15 Å². The van der Waals surface area contributed by atoms with Gasteiger partial charge in [0, 0.05) is 44.2 Å². The highest BCUT2D eigenvalue weighted by Crippen LogP contribution is 2.67. The highest BCUT2D eigenvalue weighted by Gasteiger charge is 2.58. The van der Waals surface area contributed by atoms with Gasteiger partial charge in [0.25, 0.3) is 0 Å². The molecule has 2 spiro atoms. The quantitative estimate of drug-likeness (QED) is 0.177. The Morgan fingerprint density at radius 2 is 0.786 bits per heavy atom. The molecule has 2 aromatic heterocycles. The number of hydrogen-bond acceptors (Lipinski definition) is 4. The molecule has 3 aliphatic rings. The van der Waals surface area contributed by atoms with Crippen molar-refractivity contribution < 1.29 is 9.15 Å². The van der Waals surface area contributed by atoms with Crippen LogP contribution in [0.15, 0.2) is 247 Å². The minimum absolute atomic E-state index is 0.545. The van der Waals surface area contributed by atoms with Crippen LogP contribution >= 0.6 is 0 Å². The van der Waals surface area contributed by atoms with Gasteiger partial charge in [-0.15, -0.1) is 0 Å². The van der Waals surface area contributed by atoms with E-state index in [1.54, 1.807) is 0 Å². The topological polar surface area (TPSA) is 48.2 Å². The Labute approximate surface area is 404 Å². The van der Waals surface area contributed by atoms with Gasteiger partial charge in [-0.25, -0.2) is 9.97 Å². The number of aromatic nitrogens is 2. The van der Waals surface area contributed by atoms with Crippen molar-refractivity contribution in [3.05, 3.63) is 287 Å². The lowest BCUT2D eigenvalue weighted by molar-refractivity contribution is 0.430. The van der Waals surface area contributed by atoms with E-state index in [1.807, 2.05) is 18.2 Å². The summed E-state index contributed by atoms with van der Waals surface area (Å²) in [6, 6.07) is 87.3. The largest absolute Gasteiger partial charge is 0.456 e. The highest BCUT2D eigenvalue weighted by molar-refractivity contribution is 6.06. The predicted octanol–water partition coefficient (Wildman–Crippen LogP) is 16.2. The third kappa shape index (κ3) is 5.19. The average molecular weight is 893 g/mol. The summed E-state index contributed by atoms with van der Waals surface area (Å²) in [6.07, 6.45) is 0. The van der Waals surface area contributed by atoms with Gasteiger partial charge in [0.1, 0.15) is 22.7 Å². The Morgan fingerprint density at radius 3 is 1.47 bits per heavy atom. The Kier molecular flexibility index (Phi) is 8.17. The molecule has 326 valence electrons. The van der Waals surface area contributed by atoms with Crippen molar-refractivity contribution >= 4 is 21.9 Å². The molecule has 12 aromatic rings. The van der Waals surface area contributed by atoms with Gasteiger partial charge >= 0.3 is 0 Å². The van der Waals surface area contributed by atoms with Crippen LogP contribution in [-0.4, -0.2) is 9.97 Å². The first kappa shape index (κ1) is 38.9. The van der Waals surface area contributed by atoms with E-state index in [4.69, 9.17) is 19.1 Å². The molecule has 0 unspecified atom stereocenters. The van der Waals surface area contributed by atoms with Crippen molar-refractivity contribution in [1.29, 1.82) is 0 Å². The zero-order valence-corrected chi connectivity index (χ0v) is 37.8. The molecule has 0 atom stereocenters. The maximum absolute atomic E-state index is 7.34. The van der Waals surface area contributed by atoms with Crippen molar-refractivity contribution in [3.63, 3.8) is 0 Å². The number of nitrogens with zero attached hydrogens (tertiary/aromatic N) is 2. The summed E-state index contributed by atoms with van der Waals surface area (Å²) in [5.74, 6) is 2.27. The van der Waals surface area contributed by atoms with Gasteiger partial charge in [-0.2, -0.15) is 0 Å². The van der Waals surface area contributed by atoms with Gasteiger partial charge in [-0.1, -0.05) is 212 Å². The Morgan fingerprint density at radius 1 is 0.300 bits per heavy atom. The molecule has 4 heteroatoms. The lowest BCUT2D eigenvalue weighted by atomic mass is 9.51. The molecule has 0 radical (unpaired) electrons. The fourth-order valence-electron chi connectivity index (χ4n) is 12.5. The van der Waals surface area contributed by atoms with E-state index in [-0.39, 0.29) is 0 Å². The maximum atomic E-state index is 7.34. The van der Waals surface area contributed by atoms with Crippen LogP contribution in [-0.2, 0) is 10.8 Å². The minimum Gasteiger partial charge on any atom is -0.456 e. The monoisotopic (exact) mass is 892 g/mol. The van der Waals surface area contributed by atoms with Gasteiger partial charge in [-0.3, -0.25) is 0 Å². The van der Waals surface area contributed by atoms with Crippen LogP contribution in [0.4, 0.5) is 0 Å². The van der Waals surface area contributed by atoms with Crippen LogP contribution in [0.3, 0.4) is 0 Å². The molecule has 10 aromatic carbocycles. The SMILES string of the molecule is c1ccc(-c2cc(-c3ccc4c(c3)oc3ccccc34)nc(-c3ccccc3-c3cccc4c3Oc3ccccc3C43c4ccccc4C4(c5ccccc5-c5ccccc54)c4ccccc43)n2)cc1. The van der Waals surface area contributed by atoms with Crippen LogP contribution in [0.1, 0.15) is 44.5 Å². The second-order valence-corrected chi connectivity index (χ2v) is 18.6. The molecule has 2 aliphatic carbocycles. The highest BCUT2D eigenvalue weighted by atomic mass is 16.5. The van der Waals surface area contributed by atoms with Gasteiger partial charge in [0.2, 0.25) is 0 Å². The maximum Gasteiger partial charge on any atom is 0.161 e. The summed E-state index contributed by atoms with van der Waals surface area (Å²) in [4.78, 5) is 10.8. The molecule has 0 saturated heterocycles. The van der Waals surface area contributed by atoms with Crippen LogP contribution in [0.5, 0.6) is 11.5 Å². The molecule has 15 rings (SSSR count). The number of furan rings is 1. The predicted molar refractivity (Wildman–Crippen MR) is 280 cm³/mol. The Balaban J connectivity index is 0.976. The molecule has 0 amide bonds. The Bertz CT molecular complexity index is 4030. The summed E-state index contributed by atoms with van der Waals surface area (Å²) < 4.78 is 13.7. The zero-order chi connectivity index (χ0) is 46.0. The van der Waals surface area contributed by atoms with Crippen molar-refractivity contribution in [2.24, 2.45) is 0 Å². The summed E-state index contributed by atoms with van der Waals surface area (Å²) in [5, 5.41) is 2.17. The number of ether oxygens (including phenoxy) is 1. The van der Waals surface area contributed by atoms with Crippen LogP contribution < -0.4 is 4.74 Å². The second kappa shape index (κ2) is 14.7. The van der Waals surface area contributed by atoms with Crippen molar-refractivity contribution in [2.45, 2.75) is 10.8 Å². The lowest BCUT2D eigenvalue weighted by Crippen LogP contribution is -2.45. The average Bonchev–Trinajstić information content (AvgIpc) is 3.97. The molecule has 4 nitrogen and oxygen atoms in total.